The molecule has 26 heavy (non-hydrogen) atoms. The molecule has 5 nitrogen and oxygen atoms in total. The molecule has 1 aromatic heterocycles. The number of nitrogens with zero attached hydrogens (tertiary/aromatic N) is 2. The molecule has 0 spiro atoms. The first-order valence-corrected chi connectivity index (χ1v) is 9.20. The topological polar surface area (TPSA) is 51.3 Å². The molecule has 3 rings (SSSR count). The molecule has 0 aliphatic carbocycles. The third kappa shape index (κ3) is 2.33. The van der Waals surface area contributed by atoms with Crippen LogP contribution in [0, 0.1) is 13.8 Å². The summed E-state index contributed by atoms with van der Waals surface area (Å²) in [6.07, 6.45) is 1.58. The molecule has 142 valence electrons. The average molecular weight is 392 g/mol. The van der Waals surface area contributed by atoms with Gasteiger partial charge in [0, 0.05) is 29.8 Å². The predicted octanol–water partition coefficient (Wildman–Crippen LogP) is 3.40. The third-order valence-electron chi connectivity index (χ3n) is 4.72. The molecule has 0 saturated carbocycles. The Morgan fingerprint density at radius 2 is 1.73 bits per heavy atom. The van der Waals surface area contributed by atoms with Crippen LogP contribution in [0.3, 0.4) is 0 Å². The van der Waals surface area contributed by atoms with Crippen molar-refractivity contribution >= 4 is 28.3 Å². The molecule has 0 N–H and O–H groups in total. The number of aryl methyl sites for hydroxylation is 2. The summed E-state index contributed by atoms with van der Waals surface area (Å²) >= 11 is 0. The number of allylic oxidation sites excluding steroid dienone is 3. The fourth-order valence-corrected chi connectivity index (χ4v) is 4.54. The van der Waals surface area contributed by atoms with Gasteiger partial charge in [0.05, 0.1) is 0 Å². The quantitative estimate of drug-likeness (QED) is 0.441. The van der Waals surface area contributed by atoms with Crippen molar-refractivity contribution in [2.45, 2.75) is 40.1 Å². The minimum Gasteiger partial charge on any atom is -0.397 e. The van der Waals surface area contributed by atoms with Crippen molar-refractivity contribution in [1.29, 1.82) is 0 Å². The van der Waals surface area contributed by atoms with Crippen molar-refractivity contribution in [3.63, 3.8) is 0 Å². The summed E-state index contributed by atoms with van der Waals surface area (Å²) in [6, 6.07) is 1.58. The Kier molecular flexibility index (Phi) is 3.87. The standard InChI is InChI=1S/C15H17BF4N2O3S/c1-8-6-10(3)21-13(8)12(5)14-9(2)7-11(4)22(14)16(21,20)25-26(23,24)15(17,18)19/h6-7H,1-5H3. The number of aromatic nitrogens is 1. The van der Waals surface area contributed by atoms with Crippen molar-refractivity contribution in [2.75, 3.05) is 0 Å². The first-order valence-electron chi connectivity index (χ1n) is 7.79. The van der Waals surface area contributed by atoms with E-state index in [4.69, 9.17) is 0 Å². The van der Waals surface area contributed by atoms with E-state index in [1.165, 1.54) is 13.8 Å². The lowest BCUT2D eigenvalue weighted by atomic mass is 9.84. The number of hydrogen-bond acceptors (Lipinski definition) is 3. The van der Waals surface area contributed by atoms with Gasteiger partial charge in [-0.2, -0.15) is 21.6 Å². The first kappa shape index (κ1) is 18.9. The number of halogens is 4. The smallest absolute Gasteiger partial charge is 0.397 e. The highest BCUT2D eigenvalue weighted by molar-refractivity contribution is 7.88. The lowest BCUT2D eigenvalue weighted by Gasteiger charge is -2.37. The number of hydrogen-bond donors (Lipinski definition) is 0. The Hall–Kier alpha value is -1.88. The van der Waals surface area contributed by atoms with E-state index >= 15 is 4.32 Å². The Balaban J connectivity index is 2.38. The van der Waals surface area contributed by atoms with E-state index in [0.717, 1.165) is 8.96 Å². The number of rotatable bonds is 2. The zero-order valence-corrected chi connectivity index (χ0v) is 15.6. The molecule has 0 aromatic carbocycles. The highest BCUT2D eigenvalue weighted by Gasteiger charge is 2.61. The van der Waals surface area contributed by atoms with E-state index in [9.17, 15) is 21.6 Å². The molecule has 0 amide bonds. The Morgan fingerprint density at radius 1 is 1.15 bits per heavy atom. The first-order chi connectivity index (χ1) is 11.7. The van der Waals surface area contributed by atoms with Crippen LogP contribution in [0.15, 0.2) is 23.4 Å². The molecule has 0 bridgehead atoms. The largest absolute Gasteiger partial charge is 0.715 e. The van der Waals surface area contributed by atoms with E-state index in [1.54, 1.807) is 32.9 Å². The van der Waals surface area contributed by atoms with Gasteiger partial charge in [-0.3, -0.25) is 0 Å². The fraction of sp³-hybridized carbons (Fsp3) is 0.400. The highest BCUT2D eigenvalue weighted by atomic mass is 32.2. The second kappa shape index (κ2) is 5.32. The number of alkyl halides is 3. The van der Waals surface area contributed by atoms with Crippen molar-refractivity contribution in [1.82, 2.24) is 4.48 Å². The summed E-state index contributed by atoms with van der Waals surface area (Å²) in [7, 11) is -6.17. The van der Waals surface area contributed by atoms with Crippen LogP contribution in [0.4, 0.5) is 17.5 Å². The van der Waals surface area contributed by atoms with Gasteiger partial charge < -0.3 is 17.4 Å². The molecular weight excluding hydrogens is 375 g/mol. The van der Waals surface area contributed by atoms with Crippen molar-refractivity contribution in [3.8, 4) is 0 Å². The van der Waals surface area contributed by atoms with Gasteiger partial charge in [0.15, 0.2) is 5.70 Å². The predicted molar refractivity (Wildman–Crippen MR) is 89.5 cm³/mol. The van der Waals surface area contributed by atoms with Gasteiger partial charge in [-0.15, -0.1) is 0 Å². The molecule has 2 aliphatic heterocycles. The summed E-state index contributed by atoms with van der Waals surface area (Å²) in [5.74, 6) is 0. The van der Waals surface area contributed by atoms with E-state index in [0.29, 0.717) is 28.1 Å². The third-order valence-corrected chi connectivity index (χ3v) is 5.78. The molecule has 0 fully saturated rings. The van der Waals surface area contributed by atoms with Gasteiger partial charge in [-0.05, 0) is 45.0 Å². The normalized spacial score (nSPS) is 23.3. The van der Waals surface area contributed by atoms with Gasteiger partial charge in [-0.1, -0.05) is 0 Å². The second-order valence-electron chi connectivity index (χ2n) is 6.61. The van der Waals surface area contributed by atoms with Crippen molar-refractivity contribution in [3.05, 3.63) is 40.4 Å². The summed E-state index contributed by atoms with van der Waals surface area (Å²) in [4.78, 5) is 0. The minimum atomic E-state index is -6.17. The van der Waals surface area contributed by atoms with E-state index < -0.39 is 22.5 Å². The second-order valence-corrected chi connectivity index (χ2v) is 8.17. The molecule has 1 aromatic rings. The lowest BCUT2D eigenvalue weighted by molar-refractivity contribution is -0.368. The monoisotopic (exact) mass is 392 g/mol. The van der Waals surface area contributed by atoms with Crippen LogP contribution < -0.4 is 0 Å². The Bertz CT molecular complexity index is 1030. The van der Waals surface area contributed by atoms with Gasteiger partial charge in [0.25, 0.3) is 0 Å². The van der Waals surface area contributed by atoms with Crippen LogP contribution in [0.2, 0.25) is 0 Å². The average Bonchev–Trinajstić information content (AvgIpc) is 2.92. The summed E-state index contributed by atoms with van der Waals surface area (Å²) in [6.45, 7) is 3.78. The zero-order valence-electron chi connectivity index (χ0n) is 14.8. The van der Waals surface area contributed by atoms with Crippen molar-refractivity contribution in [2.24, 2.45) is 0 Å². The number of fused-ring (bicyclic) bond motifs is 2. The lowest BCUT2D eigenvalue weighted by Crippen LogP contribution is -2.59. The molecule has 0 radical (unpaired) electrons. The summed E-state index contributed by atoms with van der Waals surface area (Å²) < 4.78 is 84.3. The van der Waals surface area contributed by atoms with Gasteiger partial charge in [0.2, 0.25) is 0 Å². The maximum atomic E-state index is 16.2. The van der Waals surface area contributed by atoms with Gasteiger partial charge >= 0.3 is 22.5 Å². The molecular formula is C15H17BF4N2O3S. The highest BCUT2D eigenvalue weighted by Crippen LogP contribution is 2.42. The van der Waals surface area contributed by atoms with Crippen LogP contribution >= 0.6 is 0 Å². The Labute approximate surface area is 148 Å². The van der Waals surface area contributed by atoms with Gasteiger partial charge in [-0.25, -0.2) is 0 Å². The minimum absolute atomic E-state index is 0.258. The maximum Gasteiger partial charge on any atom is 0.715 e. The molecule has 2 aliphatic rings. The van der Waals surface area contributed by atoms with Crippen LogP contribution in [0.25, 0.3) is 5.57 Å². The molecule has 0 saturated heterocycles. The van der Waals surface area contributed by atoms with E-state index in [2.05, 4.69) is 4.10 Å². The Morgan fingerprint density at radius 3 is 2.27 bits per heavy atom. The van der Waals surface area contributed by atoms with Gasteiger partial charge in [0.1, 0.15) is 5.71 Å². The molecule has 3 heterocycles. The molecule has 1 unspecified atom stereocenters. The van der Waals surface area contributed by atoms with Crippen molar-refractivity contribution < 1.29 is 34.5 Å². The van der Waals surface area contributed by atoms with Crippen LogP contribution in [0.5, 0.6) is 0 Å². The van der Waals surface area contributed by atoms with E-state index in [-0.39, 0.29) is 11.4 Å². The van der Waals surface area contributed by atoms with Crippen LogP contribution in [-0.4, -0.2) is 35.5 Å². The zero-order chi connectivity index (χ0) is 19.8. The summed E-state index contributed by atoms with van der Waals surface area (Å²) in [5.41, 5.74) is -2.74. The van der Waals surface area contributed by atoms with Crippen LogP contribution in [-0.2, 0) is 14.2 Å². The molecule has 1 atom stereocenters. The van der Waals surface area contributed by atoms with Crippen LogP contribution in [0.1, 0.15) is 37.7 Å². The fourth-order valence-electron chi connectivity index (χ4n) is 3.94. The van der Waals surface area contributed by atoms with E-state index in [1.807, 2.05) is 0 Å². The molecule has 11 heteroatoms. The summed E-state index contributed by atoms with van der Waals surface area (Å²) in [5, 5.41) is 0. The SMILES string of the molecule is CC1=CC(C)=[N+]2C1=C(C)c1c(C)cc(C)n1[B-]2(F)OS(=O)(=O)C(F)(F)F. The maximum absolute atomic E-state index is 16.2.